The van der Waals surface area contributed by atoms with Crippen molar-refractivity contribution in [3.05, 3.63) is 28.8 Å². The average molecular weight is 273 g/mol. The van der Waals surface area contributed by atoms with E-state index in [1.54, 1.807) is 25.3 Å². The van der Waals surface area contributed by atoms with E-state index in [0.29, 0.717) is 29.5 Å². The second-order valence-electron chi connectivity index (χ2n) is 3.62. The van der Waals surface area contributed by atoms with Crippen LogP contribution in [0.3, 0.4) is 0 Å². The van der Waals surface area contributed by atoms with Gasteiger partial charge in [-0.1, -0.05) is 18.5 Å². The van der Waals surface area contributed by atoms with Gasteiger partial charge in [0, 0.05) is 7.11 Å². The molecular formula is C13H17ClO4. The van der Waals surface area contributed by atoms with E-state index >= 15 is 0 Å². The third kappa shape index (κ3) is 4.55. The second-order valence-corrected chi connectivity index (χ2v) is 4.03. The summed E-state index contributed by atoms with van der Waals surface area (Å²) >= 11 is 6.01. The number of rotatable bonds is 7. The minimum atomic E-state index is -0.420. The fourth-order valence-corrected chi connectivity index (χ4v) is 1.49. The maximum Gasteiger partial charge on any atom is 0.338 e. The minimum Gasteiger partial charge on any atom is -0.492 e. The number of esters is 1. The summed E-state index contributed by atoms with van der Waals surface area (Å²) in [6.45, 7) is 3.20. The van der Waals surface area contributed by atoms with Crippen LogP contribution in [0.25, 0.3) is 0 Å². The highest BCUT2D eigenvalue weighted by Crippen LogP contribution is 2.25. The van der Waals surface area contributed by atoms with Gasteiger partial charge in [0.1, 0.15) is 12.4 Å². The van der Waals surface area contributed by atoms with E-state index in [-0.39, 0.29) is 6.61 Å². The van der Waals surface area contributed by atoms with E-state index in [9.17, 15) is 4.79 Å². The molecule has 0 unspecified atom stereocenters. The highest BCUT2D eigenvalue weighted by molar-refractivity contribution is 6.32. The molecule has 4 nitrogen and oxygen atoms in total. The Morgan fingerprint density at radius 2 is 2.06 bits per heavy atom. The van der Waals surface area contributed by atoms with Gasteiger partial charge in [0.2, 0.25) is 0 Å². The predicted octanol–water partition coefficient (Wildman–Crippen LogP) is 2.93. The van der Waals surface area contributed by atoms with Gasteiger partial charge in [0.15, 0.2) is 0 Å². The Balaban J connectivity index is 2.62. The number of carbonyl (C=O) groups is 1. The van der Waals surface area contributed by atoms with Crippen molar-refractivity contribution < 1.29 is 19.0 Å². The standard InChI is InChI=1S/C13H17ClO4/c1-3-6-17-12-5-4-10(9-11(12)14)13(15)18-8-7-16-2/h4-5,9H,3,6-8H2,1-2H3. The van der Waals surface area contributed by atoms with Crippen molar-refractivity contribution >= 4 is 17.6 Å². The number of methoxy groups -OCH3 is 1. The average Bonchev–Trinajstić information content (AvgIpc) is 2.37. The third-order valence-electron chi connectivity index (χ3n) is 2.15. The van der Waals surface area contributed by atoms with Crippen LogP contribution in [0.5, 0.6) is 5.75 Å². The monoisotopic (exact) mass is 272 g/mol. The van der Waals surface area contributed by atoms with Gasteiger partial charge in [-0.05, 0) is 24.6 Å². The third-order valence-corrected chi connectivity index (χ3v) is 2.45. The molecule has 1 rings (SSSR count). The molecular weight excluding hydrogens is 256 g/mol. The van der Waals surface area contributed by atoms with Crippen molar-refractivity contribution in [1.82, 2.24) is 0 Å². The molecule has 0 atom stereocenters. The molecule has 0 radical (unpaired) electrons. The zero-order valence-corrected chi connectivity index (χ0v) is 11.3. The number of benzene rings is 1. The molecule has 18 heavy (non-hydrogen) atoms. The summed E-state index contributed by atoms with van der Waals surface area (Å²) in [7, 11) is 1.55. The molecule has 0 aromatic heterocycles. The smallest absolute Gasteiger partial charge is 0.338 e. The van der Waals surface area contributed by atoms with E-state index in [0.717, 1.165) is 6.42 Å². The molecule has 100 valence electrons. The molecule has 0 aliphatic heterocycles. The van der Waals surface area contributed by atoms with Crippen molar-refractivity contribution in [1.29, 1.82) is 0 Å². The summed E-state index contributed by atoms with van der Waals surface area (Å²) < 4.78 is 15.2. The molecule has 0 saturated carbocycles. The first kappa shape index (κ1) is 14.8. The molecule has 0 N–H and O–H groups in total. The lowest BCUT2D eigenvalue weighted by Gasteiger charge is -2.08. The Hall–Kier alpha value is -1.26. The van der Waals surface area contributed by atoms with Crippen LogP contribution in [-0.4, -0.2) is 32.9 Å². The molecule has 0 bridgehead atoms. The maximum absolute atomic E-state index is 11.6. The zero-order valence-electron chi connectivity index (χ0n) is 10.6. The molecule has 0 aliphatic carbocycles. The molecule has 0 heterocycles. The summed E-state index contributed by atoms with van der Waals surface area (Å²) in [5, 5.41) is 0.407. The minimum absolute atomic E-state index is 0.223. The van der Waals surface area contributed by atoms with Gasteiger partial charge >= 0.3 is 5.97 Å². The van der Waals surface area contributed by atoms with Gasteiger partial charge in [-0.15, -0.1) is 0 Å². The number of hydrogen-bond acceptors (Lipinski definition) is 4. The van der Waals surface area contributed by atoms with Crippen LogP contribution in [-0.2, 0) is 9.47 Å². The fourth-order valence-electron chi connectivity index (χ4n) is 1.26. The molecule has 1 aromatic carbocycles. The van der Waals surface area contributed by atoms with Crippen LogP contribution in [0.1, 0.15) is 23.7 Å². The second kappa shape index (κ2) is 7.95. The van der Waals surface area contributed by atoms with Gasteiger partial charge in [-0.25, -0.2) is 4.79 Å². The lowest BCUT2D eigenvalue weighted by molar-refractivity contribution is 0.0388. The molecule has 0 aliphatic rings. The summed E-state index contributed by atoms with van der Waals surface area (Å²) in [4.78, 5) is 11.6. The van der Waals surface area contributed by atoms with E-state index in [4.69, 9.17) is 25.8 Å². The highest BCUT2D eigenvalue weighted by atomic mass is 35.5. The molecule has 0 spiro atoms. The maximum atomic E-state index is 11.6. The van der Waals surface area contributed by atoms with Gasteiger partial charge in [-0.2, -0.15) is 0 Å². The summed E-state index contributed by atoms with van der Waals surface area (Å²) in [5.74, 6) is 0.156. The first-order chi connectivity index (χ1) is 8.69. The molecule has 0 fully saturated rings. The van der Waals surface area contributed by atoms with Gasteiger partial charge < -0.3 is 14.2 Å². The highest BCUT2D eigenvalue weighted by Gasteiger charge is 2.10. The van der Waals surface area contributed by atoms with Gasteiger partial charge in [0.05, 0.1) is 23.8 Å². The number of carbonyl (C=O) groups excluding carboxylic acids is 1. The number of hydrogen-bond donors (Lipinski definition) is 0. The molecule has 0 saturated heterocycles. The van der Waals surface area contributed by atoms with Crippen molar-refractivity contribution in [2.75, 3.05) is 26.9 Å². The zero-order chi connectivity index (χ0) is 13.4. The van der Waals surface area contributed by atoms with Crippen LogP contribution < -0.4 is 4.74 Å². The van der Waals surface area contributed by atoms with E-state index in [1.807, 2.05) is 6.92 Å². The Labute approximate surface area is 112 Å². The van der Waals surface area contributed by atoms with Crippen molar-refractivity contribution in [3.63, 3.8) is 0 Å². The molecule has 5 heteroatoms. The number of halogens is 1. The first-order valence-corrected chi connectivity index (χ1v) is 6.15. The molecule has 1 aromatic rings. The van der Waals surface area contributed by atoms with Gasteiger partial charge in [-0.3, -0.25) is 0 Å². The van der Waals surface area contributed by atoms with Crippen LogP contribution in [0, 0.1) is 0 Å². The largest absolute Gasteiger partial charge is 0.492 e. The normalized spacial score (nSPS) is 10.2. The lowest BCUT2D eigenvalue weighted by Crippen LogP contribution is -2.10. The topological polar surface area (TPSA) is 44.8 Å². The van der Waals surface area contributed by atoms with Crippen LogP contribution in [0.4, 0.5) is 0 Å². The SMILES string of the molecule is CCCOc1ccc(C(=O)OCCOC)cc1Cl. The molecule has 0 amide bonds. The predicted molar refractivity (Wildman–Crippen MR) is 69.4 cm³/mol. The Morgan fingerprint density at radius 1 is 1.28 bits per heavy atom. The van der Waals surface area contributed by atoms with Crippen LogP contribution >= 0.6 is 11.6 Å². The summed E-state index contributed by atoms with van der Waals surface area (Å²) in [5.41, 5.74) is 0.403. The fraction of sp³-hybridized carbons (Fsp3) is 0.462. The Bertz CT molecular complexity index is 393. The lowest BCUT2D eigenvalue weighted by atomic mass is 10.2. The van der Waals surface area contributed by atoms with Crippen LogP contribution in [0.2, 0.25) is 5.02 Å². The summed E-state index contributed by atoms with van der Waals surface area (Å²) in [6, 6.07) is 4.85. The van der Waals surface area contributed by atoms with Crippen molar-refractivity contribution in [3.8, 4) is 5.75 Å². The quantitative estimate of drug-likeness (QED) is 0.565. The van der Waals surface area contributed by atoms with E-state index < -0.39 is 5.97 Å². The summed E-state index contributed by atoms with van der Waals surface area (Å²) in [6.07, 6.45) is 0.900. The van der Waals surface area contributed by atoms with Crippen molar-refractivity contribution in [2.24, 2.45) is 0 Å². The van der Waals surface area contributed by atoms with Crippen molar-refractivity contribution in [2.45, 2.75) is 13.3 Å². The Morgan fingerprint density at radius 3 is 2.67 bits per heavy atom. The van der Waals surface area contributed by atoms with Gasteiger partial charge in [0.25, 0.3) is 0 Å². The Kier molecular flexibility index (Phi) is 6.54. The van der Waals surface area contributed by atoms with E-state index in [2.05, 4.69) is 0 Å². The van der Waals surface area contributed by atoms with E-state index in [1.165, 1.54) is 0 Å². The van der Waals surface area contributed by atoms with Crippen LogP contribution in [0.15, 0.2) is 18.2 Å². The number of ether oxygens (including phenoxy) is 3. The first-order valence-electron chi connectivity index (χ1n) is 5.77.